The molecule has 1 fully saturated rings. The molecular formula is C42H52N6O10. The third-order valence-corrected chi connectivity index (χ3v) is 10.5. The maximum Gasteiger partial charge on any atom is 0.246 e. The number of amides is 6. The summed E-state index contributed by atoms with van der Waals surface area (Å²) < 4.78 is 17.0. The van der Waals surface area contributed by atoms with Gasteiger partial charge in [-0.05, 0) is 79.8 Å². The number of nitrogens with zero attached hydrogens (tertiary/aromatic N) is 2. The Kier molecular flexibility index (Phi) is 14.3. The van der Waals surface area contributed by atoms with E-state index in [1.54, 1.807) is 66.7 Å². The highest BCUT2D eigenvalue weighted by Crippen LogP contribution is 2.34. The molecule has 1 saturated heterocycles. The van der Waals surface area contributed by atoms with Gasteiger partial charge < -0.3 is 50.4 Å². The highest BCUT2D eigenvalue weighted by molar-refractivity contribution is 5.98. The SMILES string of the molecule is COc1ccc(C[C@@H]2NC(=O)[C@H](CCCO)NC(=O)[C@@H](C)NC(=O)[C@@H]3Cc4ccc(OC)c(c4)Oc4ccc(cc4)C[C@@H](C(=O)N3C)N(C)C(=O)[C@H](C)NC2=O)cc1. The normalized spacial score (nSPS) is 23.7. The number of benzene rings is 3. The number of likely N-dealkylation sites (N-methyl/N-ethyl adjacent to an activating group) is 2. The second-order valence-corrected chi connectivity index (χ2v) is 14.6. The minimum absolute atomic E-state index is 0.00807. The fraction of sp³-hybridized carbons (Fsp3) is 0.429. The van der Waals surface area contributed by atoms with E-state index in [9.17, 15) is 33.9 Å². The summed E-state index contributed by atoms with van der Waals surface area (Å²) in [7, 11) is 5.94. The van der Waals surface area contributed by atoms with Crippen LogP contribution in [0.15, 0.2) is 66.7 Å². The standard InChI is InChI=1S/C42H52N6O10/c1-24-37(50)45-31(8-7-19-49)38(51)46-32(20-26-9-14-29(56-5)15-10-26)39(52)44-25(2)41(54)48(4)34-21-27-11-16-30(17-12-27)58-36-23-28(13-18-35(36)57-6)22-33(40(53)43-24)47(3)42(34)55/h9-18,23-25,31-34,49H,7-8,19-22H2,1-6H3,(H,43,53)(H,44,52)(H,45,50)(H,46,51)/t24-,25+,31+,32+,33+,34+/m1/s1. The predicted molar refractivity (Wildman–Crippen MR) is 212 cm³/mol. The molecular weight excluding hydrogens is 748 g/mol. The second kappa shape index (κ2) is 19.3. The van der Waals surface area contributed by atoms with Crippen LogP contribution < -0.4 is 35.5 Å². The van der Waals surface area contributed by atoms with Gasteiger partial charge in [-0.1, -0.05) is 30.3 Å². The summed E-state index contributed by atoms with van der Waals surface area (Å²) in [6, 6.07) is 11.9. The van der Waals surface area contributed by atoms with Gasteiger partial charge in [0, 0.05) is 40.0 Å². The maximum absolute atomic E-state index is 14.7. The average molecular weight is 801 g/mol. The third kappa shape index (κ3) is 10.4. The Morgan fingerprint density at radius 3 is 1.93 bits per heavy atom. The van der Waals surface area contributed by atoms with Crippen LogP contribution in [0.2, 0.25) is 0 Å². The van der Waals surface area contributed by atoms with E-state index in [0.29, 0.717) is 39.7 Å². The van der Waals surface area contributed by atoms with Crippen LogP contribution in [0.25, 0.3) is 0 Å². The first-order chi connectivity index (χ1) is 27.7. The first-order valence-electron chi connectivity index (χ1n) is 19.1. The number of carbonyl (C=O) groups excluding carboxylic acids is 6. The first-order valence-corrected chi connectivity index (χ1v) is 19.1. The number of rotatable bonds is 7. The van der Waals surface area contributed by atoms with Crippen LogP contribution in [-0.4, -0.2) is 122 Å². The lowest BCUT2D eigenvalue weighted by Gasteiger charge is -2.36. The lowest BCUT2D eigenvalue weighted by molar-refractivity contribution is -0.149. The van der Waals surface area contributed by atoms with Gasteiger partial charge in [0.05, 0.1) is 14.2 Å². The minimum atomic E-state index is -1.21. The number of hydrogen-bond donors (Lipinski definition) is 5. The summed E-state index contributed by atoms with van der Waals surface area (Å²) in [6.07, 6.45) is 0.179. The molecule has 3 heterocycles. The van der Waals surface area contributed by atoms with Gasteiger partial charge in [0.25, 0.3) is 0 Å². The van der Waals surface area contributed by atoms with E-state index in [-0.39, 0.29) is 38.7 Å². The van der Waals surface area contributed by atoms with Crippen molar-refractivity contribution in [3.05, 3.63) is 83.4 Å². The highest BCUT2D eigenvalue weighted by Gasteiger charge is 2.38. The number of fused-ring (bicyclic) bond motifs is 2. The van der Waals surface area contributed by atoms with Crippen molar-refractivity contribution >= 4 is 35.4 Å². The molecule has 3 aliphatic heterocycles. The molecule has 3 aromatic rings. The molecule has 6 atom stereocenters. The topological polar surface area (TPSA) is 205 Å². The molecule has 5 N–H and O–H groups in total. The molecule has 3 aliphatic rings. The summed E-state index contributed by atoms with van der Waals surface area (Å²) in [5, 5.41) is 20.4. The lowest BCUT2D eigenvalue weighted by Crippen LogP contribution is -2.61. The van der Waals surface area contributed by atoms with Crippen molar-refractivity contribution < 1.29 is 48.1 Å². The summed E-state index contributed by atoms with van der Waals surface area (Å²) in [4.78, 5) is 87.2. The molecule has 6 amide bonds. The number of aliphatic hydroxyl groups excluding tert-OH is 1. The van der Waals surface area contributed by atoms with Crippen LogP contribution in [0.5, 0.6) is 23.0 Å². The Hall–Kier alpha value is -6.16. The number of ether oxygens (including phenoxy) is 3. The van der Waals surface area contributed by atoms with Crippen molar-refractivity contribution in [2.45, 2.75) is 82.2 Å². The zero-order chi connectivity index (χ0) is 42.1. The molecule has 0 aliphatic carbocycles. The van der Waals surface area contributed by atoms with Crippen molar-refractivity contribution in [1.29, 1.82) is 0 Å². The summed E-state index contributed by atoms with van der Waals surface area (Å²) in [5.74, 6) is -2.04. The largest absolute Gasteiger partial charge is 0.497 e. The quantitative estimate of drug-likeness (QED) is 0.232. The molecule has 58 heavy (non-hydrogen) atoms. The zero-order valence-corrected chi connectivity index (χ0v) is 33.6. The fourth-order valence-electron chi connectivity index (χ4n) is 6.93. The first kappa shape index (κ1) is 43.0. The Balaban J connectivity index is 1.58. The molecule has 0 unspecified atom stereocenters. The van der Waals surface area contributed by atoms with E-state index in [1.807, 2.05) is 0 Å². The second-order valence-electron chi connectivity index (χ2n) is 14.6. The van der Waals surface area contributed by atoms with Crippen LogP contribution in [0, 0.1) is 0 Å². The smallest absolute Gasteiger partial charge is 0.246 e. The summed E-state index contributed by atoms with van der Waals surface area (Å²) in [5.41, 5.74) is 1.95. The number of nitrogens with one attached hydrogen (secondary N) is 4. The van der Waals surface area contributed by atoms with E-state index < -0.39 is 71.7 Å². The van der Waals surface area contributed by atoms with Crippen molar-refractivity contribution in [1.82, 2.24) is 31.1 Å². The monoisotopic (exact) mass is 800 g/mol. The molecule has 0 radical (unpaired) electrons. The van der Waals surface area contributed by atoms with Gasteiger partial charge in [0.15, 0.2) is 11.5 Å². The number of methoxy groups -OCH3 is 2. The molecule has 0 saturated carbocycles. The Morgan fingerprint density at radius 1 is 0.672 bits per heavy atom. The minimum Gasteiger partial charge on any atom is -0.497 e. The van der Waals surface area contributed by atoms with Gasteiger partial charge in [-0.2, -0.15) is 0 Å². The summed E-state index contributed by atoms with van der Waals surface area (Å²) >= 11 is 0. The van der Waals surface area contributed by atoms with Crippen LogP contribution in [0.4, 0.5) is 0 Å². The van der Waals surface area contributed by atoms with E-state index in [1.165, 1.54) is 52.0 Å². The van der Waals surface area contributed by atoms with Gasteiger partial charge >= 0.3 is 0 Å². The average Bonchev–Trinajstić information content (AvgIpc) is 3.22. The third-order valence-electron chi connectivity index (χ3n) is 10.5. The van der Waals surface area contributed by atoms with Gasteiger partial charge in [-0.3, -0.25) is 28.8 Å². The summed E-state index contributed by atoms with van der Waals surface area (Å²) in [6.45, 7) is 2.64. The lowest BCUT2D eigenvalue weighted by atomic mass is 9.98. The highest BCUT2D eigenvalue weighted by atomic mass is 16.5. The molecule has 3 aromatic carbocycles. The maximum atomic E-state index is 14.7. The predicted octanol–water partition coefficient (Wildman–Crippen LogP) is 1.26. The van der Waals surface area contributed by atoms with E-state index in [0.717, 1.165) is 0 Å². The van der Waals surface area contributed by atoms with Crippen LogP contribution in [0.1, 0.15) is 43.4 Å². The molecule has 6 rings (SSSR count). The fourth-order valence-corrected chi connectivity index (χ4v) is 6.93. The number of hydrogen-bond acceptors (Lipinski definition) is 10. The molecule has 0 aromatic heterocycles. The van der Waals surface area contributed by atoms with Crippen LogP contribution in [-0.2, 0) is 48.0 Å². The van der Waals surface area contributed by atoms with Gasteiger partial charge in [0.2, 0.25) is 35.4 Å². The van der Waals surface area contributed by atoms with Gasteiger partial charge in [-0.25, -0.2) is 0 Å². The van der Waals surface area contributed by atoms with Gasteiger partial charge in [-0.15, -0.1) is 0 Å². The Morgan fingerprint density at radius 2 is 1.28 bits per heavy atom. The van der Waals surface area contributed by atoms with Crippen molar-refractivity contribution in [2.75, 3.05) is 34.9 Å². The van der Waals surface area contributed by atoms with Crippen LogP contribution in [0.3, 0.4) is 0 Å². The number of aliphatic hydroxyl groups is 1. The molecule has 0 spiro atoms. The van der Waals surface area contributed by atoms with Gasteiger partial charge in [0.1, 0.15) is 47.8 Å². The van der Waals surface area contributed by atoms with E-state index in [2.05, 4.69) is 21.3 Å². The molecule has 16 nitrogen and oxygen atoms in total. The van der Waals surface area contributed by atoms with Crippen molar-refractivity contribution in [2.24, 2.45) is 0 Å². The van der Waals surface area contributed by atoms with E-state index in [4.69, 9.17) is 14.2 Å². The zero-order valence-electron chi connectivity index (χ0n) is 33.6. The van der Waals surface area contributed by atoms with E-state index >= 15 is 0 Å². The molecule has 16 heteroatoms. The van der Waals surface area contributed by atoms with Crippen LogP contribution >= 0.6 is 0 Å². The Bertz CT molecular complexity index is 1970. The number of carbonyl (C=O) groups is 6. The molecule has 6 bridgehead atoms. The Labute approximate surface area is 337 Å². The van der Waals surface area contributed by atoms with Crippen molar-refractivity contribution in [3.63, 3.8) is 0 Å². The molecule has 310 valence electrons. The van der Waals surface area contributed by atoms with Crippen molar-refractivity contribution in [3.8, 4) is 23.0 Å².